The molecular formula is C17H20N2O4S. The van der Waals surface area contributed by atoms with Gasteiger partial charge in [-0.15, -0.1) is 0 Å². The molecule has 0 aliphatic rings. The van der Waals surface area contributed by atoms with Crippen LogP contribution < -0.4 is 10.2 Å². The van der Waals surface area contributed by atoms with Crippen LogP contribution in [0.4, 0.5) is 5.69 Å². The minimum Gasteiger partial charge on any atom is -0.289 e. The molecule has 3 N–H and O–H groups in total. The Hall–Kier alpha value is -2.38. The number of nitrogens with one attached hydrogen (secondary N) is 2. The number of carbonyl (C=O) groups excluding carboxylic acids is 1. The van der Waals surface area contributed by atoms with E-state index in [0.29, 0.717) is 12.1 Å². The minimum atomic E-state index is -3.60. The van der Waals surface area contributed by atoms with E-state index in [0.717, 1.165) is 18.4 Å². The standard InChI is InChI=1S/C17H20N2O4S/c20-17(18-21)12-5-4-7-14-8-6-9-15(13-14)19-24(22,23)16-10-2-1-3-11-16/h1-3,6,8-11,13,19,21H,4-5,7,12H2,(H,18,20). The van der Waals surface area contributed by atoms with E-state index in [1.807, 2.05) is 6.07 Å². The lowest BCUT2D eigenvalue weighted by atomic mass is 10.1. The van der Waals surface area contributed by atoms with Gasteiger partial charge in [0.2, 0.25) is 5.91 Å². The first-order valence-electron chi connectivity index (χ1n) is 7.61. The minimum absolute atomic E-state index is 0.213. The Kier molecular flexibility index (Phi) is 6.34. The van der Waals surface area contributed by atoms with Crippen LogP contribution in [-0.4, -0.2) is 19.5 Å². The number of amides is 1. The molecule has 0 fully saturated rings. The Balaban J connectivity index is 1.96. The van der Waals surface area contributed by atoms with Crippen LogP contribution in [0.1, 0.15) is 24.8 Å². The monoisotopic (exact) mass is 348 g/mol. The van der Waals surface area contributed by atoms with Crippen molar-refractivity contribution in [2.24, 2.45) is 0 Å². The summed E-state index contributed by atoms with van der Waals surface area (Å²) in [5.41, 5.74) is 3.08. The third-order valence-corrected chi connectivity index (χ3v) is 4.87. The topological polar surface area (TPSA) is 95.5 Å². The molecule has 0 saturated carbocycles. The van der Waals surface area contributed by atoms with Crippen molar-refractivity contribution in [1.29, 1.82) is 0 Å². The summed E-state index contributed by atoms with van der Waals surface area (Å²) in [7, 11) is -3.60. The fourth-order valence-electron chi connectivity index (χ4n) is 2.27. The number of benzene rings is 2. The van der Waals surface area contributed by atoms with Crippen molar-refractivity contribution in [1.82, 2.24) is 5.48 Å². The molecule has 0 bridgehead atoms. The van der Waals surface area contributed by atoms with Gasteiger partial charge >= 0.3 is 0 Å². The van der Waals surface area contributed by atoms with Crippen molar-refractivity contribution in [3.8, 4) is 0 Å². The first kappa shape index (κ1) is 18.0. The first-order valence-corrected chi connectivity index (χ1v) is 9.09. The average Bonchev–Trinajstić information content (AvgIpc) is 2.59. The molecule has 0 radical (unpaired) electrons. The van der Waals surface area contributed by atoms with E-state index < -0.39 is 15.9 Å². The fourth-order valence-corrected chi connectivity index (χ4v) is 3.35. The van der Waals surface area contributed by atoms with E-state index in [2.05, 4.69) is 4.72 Å². The third-order valence-electron chi connectivity index (χ3n) is 3.48. The van der Waals surface area contributed by atoms with Gasteiger partial charge in [-0.05, 0) is 49.1 Å². The third kappa shape index (κ3) is 5.36. The van der Waals surface area contributed by atoms with Gasteiger partial charge < -0.3 is 0 Å². The molecule has 0 spiro atoms. The second-order valence-corrected chi connectivity index (χ2v) is 7.04. The molecule has 0 heterocycles. The predicted octanol–water partition coefficient (Wildman–Crippen LogP) is 2.71. The Morgan fingerprint density at radius 3 is 2.46 bits per heavy atom. The van der Waals surface area contributed by atoms with Crippen LogP contribution in [0.25, 0.3) is 0 Å². The smallest absolute Gasteiger partial charge is 0.261 e. The zero-order valence-corrected chi connectivity index (χ0v) is 13.9. The molecular weight excluding hydrogens is 328 g/mol. The highest BCUT2D eigenvalue weighted by atomic mass is 32.2. The molecule has 0 atom stereocenters. The zero-order chi connectivity index (χ0) is 17.4. The molecule has 0 saturated heterocycles. The molecule has 2 aromatic carbocycles. The maximum absolute atomic E-state index is 12.3. The second kappa shape index (κ2) is 8.47. The highest BCUT2D eigenvalue weighted by molar-refractivity contribution is 7.92. The predicted molar refractivity (Wildman–Crippen MR) is 91.2 cm³/mol. The Labute approximate surface area is 141 Å². The number of sulfonamides is 1. The van der Waals surface area contributed by atoms with Crippen LogP contribution in [0.3, 0.4) is 0 Å². The summed E-state index contributed by atoms with van der Waals surface area (Å²) >= 11 is 0. The van der Waals surface area contributed by atoms with Crippen molar-refractivity contribution in [3.63, 3.8) is 0 Å². The normalized spacial score (nSPS) is 11.0. The summed E-state index contributed by atoms with van der Waals surface area (Å²) in [5, 5.41) is 8.42. The quantitative estimate of drug-likeness (QED) is 0.388. The summed E-state index contributed by atoms with van der Waals surface area (Å²) in [6.45, 7) is 0. The van der Waals surface area contributed by atoms with E-state index in [1.54, 1.807) is 54.0 Å². The molecule has 7 heteroatoms. The Bertz CT molecular complexity index is 776. The summed E-state index contributed by atoms with van der Waals surface area (Å²) in [6, 6.07) is 15.4. The van der Waals surface area contributed by atoms with Crippen molar-refractivity contribution in [2.75, 3.05) is 4.72 Å². The fraction of sp³-hybridized carbons (Fsp3) is 0.235. The number of aryl methyl sites for hydroxylation is 1. The summed E-state index contributed by atoms with van der Waals surface area (Å²) in [4.78, 5) is 11.1. The van der Waals surface area contributed by atoms with Crippen LogP contribution >= 0.6 is 0 Å². The summed E-state index contributed by atoms with van der Waals surface area (Å²) in [6.07, 6.45) is 2.39. The van der Waals surface area contributed by atoms with E-state index >= 15 is 0 Å². The van der Waals surface area contributed by atoms with Gasteiger partial charge in [-0.2, -0.15) is 0 Å². The van der Waals surface area contributed by atoms with E-state index in [1.165, 1.54) is 0 Å². The van der Waals surface area contributed by atoms with Crippen molar-refractivity contribution < 1.29 is 18.4 Å². The number of rotatable bonds is 8. The molecule has 0 aliphatic carbocycles. The van der Waals surface area contributed by atoms with Crippen molar-refractivity contribution in [2.45, 2.75) is 30.6 Å². The van der Waals surface area contributed by atoms with Gasteiger partial charge in [0, 0.05) is 12.1 Å². The summed E-state index contributed by atoms with van der Waals surface area (Å²) in [5.74, 6) is -0.403. The van der Waals surface area contributed by atoms with Crippen molar-refractivity contribution >= 4 is 21.6 Å². The first-order chi connectivity index (χ1) is 11.5. The maximum Gasteiger partial charge on any atom is 0.261 e. The number of hydrogen-bond donors (Lipinski definition) is 3. The second-order valence-electron chi connectivity index (χ2n) is 5.36. The zero-order valence-electron chi connectivity index (χ0n) is 13.1. The lowest BCUT2D eigenvalue weighted by Crippen LogP contribution is -2.17. The van der Waals surface area contributed by atoms with Crippen LogP contribution in [0.15, 0.2) is 59.5 Å². The highest BCUT2D eigenvalue weighted by Crippen LogP contribution is 2.18. The van der Waals surface area contributed by atoms with Crippen LogP contribution in [-0.2, 0) is 21.2 Å². The van der Waals surface area contributed by atoms with Gasteiger partial charge in [0.25, 0.3) is 10.0 Å². The molecule has 1 amide bonds. The SMILES string of the molecule is O=C(CCCCc1cccc(NS(=O)(=O)c2ccccc2)c1)NO. The van der Waals surface area contributed by atoms with Gasteiger partial charge in [-0.3, -0.25) is 14.7 Å². The molecule has 128 valence electrons. The van der Waals surface area contributed by atoms with E-state index in [4.69, 9.17) is 5.21 Å². The van der Waals surface area contributed by atoms with Crippen LogP contribution in [0.2, 0.25) is 0 Å². The molecule has 24 heavy (non-hydrogen) atoms. The van der Waals surface area contributed by atoms with Gasteiger partial charge in [-0.1, -0.05) is 30.3 Å². The maximum atomic E-state index is 12.3. The average molecular weight is 348 g/mol. The van der Waals surface area contributed by atoms with Gasteiger partial charge in [0.15, 0.2) is 0 Å². The van der Waals surface area contributed by atoms with Crippen LogP contribution in [0.5, 0.6) is 0 Å². The number of anilines is 1. The van der Waals surface area contributed by atoms with Gasteiger partial charge in [-0.25, -0.2) is 13.9 Å². The number of hydrogen-bond acceptors (Lipinski definition) is 4. The van der Waals surface area contributed by atoms with Crippen LogP contribution in [0, 0.1) is 0 Å². The largest absolute Gasteiger partial charge is 0.289 e. The molecule has 0 aromatic heterocycles. The van der Waals surface area contributed by atoms with E-state index in [9.17, 15) is 13.2 Å². The number of carbonyl (C=O) groups is 1. The summed E-state index contributed by atoms with van der Waals surface area (Å²) < 4.78 is 27.2. The molecule has 0 unspecified atom stereocenters. The molecule has 2 rings (SSSR count). The molecule has 0 aliphatic heterocycles. The highest BCUT2D eigenvalue weighted by Gasteiger charge is 2.13. The number of unbranched alkanes of at least 4 members (excludes halogenated alkanes) is 1. The lowest BCUT2D eigenvalue weighted by Gasteiger charge is -2.09. The Morgan fingerprint density at radius 1 is 1.00 bits per heavy atom. The van der Waals surface area contributed by atoms with Gasteiger partial charge in [0.05, 0.1) is 4.90 Å². The lowest BCUT2D eigenvalue weighted by molar-refractivity contribution is -0.129. The number of hydroxylamine groups is 1. The Morgan fingerprint density at radius 2 is 1.75 bits per heavy atom. The van der Waals surface area contributed by atoms with Crippen molar-refractivity contribution in [3.05, 3.63) is 60.2 Å². The van der Waals surface area contributed by atoms with Gasteiger partial charge in [0.1, 0.15) is 0 Å². The molecule has 6 nitrogen and oxygen atoms in total. The van der Waals surface area contributed by atoms with E-state index in [-0.39, 0.29) is 11.3 Å². The molecule has 2 aromatic rings.